The molecule has 0 aliphatic carbocycles. The maximum atomic E-state index is 11.6. The molecule has 0 radical (unpaired) electrons. The molecule has 0 spiro atoms. The number of thioether (sulfide) groups is 1. The number of rotatable bonds is 7. The van der Waals surface area contributed by atoms with E-state index in [4.69, 9.17) is 5.73 Å². The molecule has 0 fully saturated rings. The molecule has 0 heterocycles. The topological polar surface area (TPSA) is 55.1 Å². The molecule has 0 atom stereocenters. The van der Waals surface area contributed by atoms with E-state index in [2.05, 4.69) is 5.32 Å². The number of hydrogen-bond acceptors (Lipinski definition) is 3. The number of nitrogens with two attached hydrogens (primary N) is 1. The Balaban J connectivity index is 2.23. The summed E-state index contributed by atoms with van der Waals surface area (Å²) in [5.41, 5.74) is 7.40. The van der Waals surface area contributed by atoms with Gasteiger partial charge in [0.05, 0.1) is 5.75 Å². The van der Waals surface area contributed by atoms with Gasteiger partial charge in [0, 0.05) is 5.69 Å². The van der Waals surface area contributed by atoms with Crippen LogP contribution in [0.2, 0.25) is 0 Å². The number of amides is 1. The van der Waals surface area contributed by atoms with E-state index < -0.39 is 0 Å². The Morgan fingerprint density at radius 1 is 1.35 bits per heavy atom. The summed E-state index contributed by atoms with van der Waals surface area (Å²) in [6.07, 6.45) is 2.12. The Morgan fingerprint density at radius 3 is 2.82 bits per heavy atom. The number of unbranched alkanes of at least 4 members (excludes halogenated alkanes) is 1. The van der Waals surface area contributed by atoms with Gasteiger partial charge < -0.3 is 11.1 Å². The van der Waals surface area contributed by atoms with E-state index in [1.165, 1.54) is 0 Å². The van der Waals surface area contributed by atoms with Crippen LogP contribution in [0.15, 0.2) is 24.3 Å². The Bertz CT molecular complexity index is 355. The SMILES string of the molecule is Cc1ccccc1NC(=O)CSCCCCN. The highest BCUT2D eigenvalue weighted by atomic mass is 32.2. The molecule has 0 saturated heterocycles. The Labute approximate surface area is 107 Å². The van der Waals surface area contributed by atoms with Crippen LogP contribution in [0, 0.1) is 6.92 Å². The predicted molar refractivity (Wildman–Crippen MR) is 75.4 cm³/mol. The van der Waals surface area contributed by atoms with Gasteiger partial charge in [-0.05, 0) is 43.7 Å². The summed E-state index contributed by atoms with van der Waals surface area (Å²) >= 11 is 1.66. The van der Waals surface area contributed by atoms with Crippen molar-refractivity contribution in [1.29, 1.82) is 0 Å². The molecule has 0 aromatic heterocycles. The third kappa shape index (κ3) is 5.75. The van der Waals surface area contributed by atoms with E-state index in [0.717, 1.165) is 36.4 Å². The van der Waals surface area contributed by atoms with Crippen LogP contribution in [0.5, 0.6) is 0 Å². The second-order valence-corrected chi connectivity index (χ2v) is 5.02. The van der Waals surface area contributed by atoms with E-state index in [1.807, 2.05) is 31.2 Å². The van der Waals surface area contributed by atoms with Gasteiger partial charge in [0.2, 0.25) is 5.91 Å². The minimum atomic E-state index is 0.0667. The van der Waals surface area contributed by atoms with Crippen LogP contribution in [0.25, 0.3) is 0 Å². The third-order valence-electron chi connectivity index (χ3n) is 2.40. The minimum absolute atomic E-state index is 0.0667. The third-order valence-corrected chi connectivity index (χ3v) is 3.44. The molecule has 1 aromatic rings. The van der Waals surface area contributed by atoms with Crippen molar-refractivity contribution in [2.45, 2.75) is 19.8 Å². The van der Waals surface area contributed by atoms with Gasteiger partial charge in [0.1, 0.15) is 0 Å². The first kappa shape index (κ1) is 14.1. The molecular weight excluding hydrogens is 232 g/mol. The van der Waals surface area contributed by atoms with E-state index >= 15 is 0 Å². The molecule has 1 amide bonds. The zero-order chi connectivity index (χ0) is 12.5. The maximum Gasteiger partial charge on any atom is 0.234 e. The highest BCUT2D eigenvalue weighted by Gasteiger charge is 2.03. The van der Waals surface area contributed by atoms with Crippen LogP contribution in [-0.2, 0) is 4.79 Å². The lowest BCUT2D eigenvalue weighted by Gasteiger charge is -2.07. The van der Waals surface area contributed by atoms with Crippen LogP contribution >= 0.6 is 11.8 Å². The summed E-state index contributed by atoms with van der Waals surface area (Å²) < 4.78 is 0. The molecule has 1 rings (SSSR count). The number of para-hydroxylation sites is 1. The second-order valence-electron chi connectivity index (χ2n) is 3.91. The van der Waals surface area contributed by atoms with Gasteiger partial charge in [-0.1, -0.05) is 18.2 Å². The van der Waals surface area contributed by atoms with E-state index in [9.17, 15) is 4.79 Å². The maximum absolute atomic E-state index is 11.6. The standard InChI is InChI=1S/C13H20N2OS/c1-11-6-2-3-7-12(11)15-13(16)10-17-9-5-4-8-14/h2-3,6-7H,4-5,8-10,14H2,1H3,(H,15,16). The zero-order valence-electron chi connectivity index (χ0n) is 10.2. The molecule has 1 aromatic carbocycles. The molecule has 0 saturated carbocycles. The average molecular weight is 252 g/mol. The monoisotopic (exact) mass is 252 g/mol. The molecule has 0 aliphatic rings. The van der Waals surface area contributed by atoms with E-state index in [-0.39, 0.29) is 5.91 Å². The molecule has 0 unspecified atom stereocenters. The number of nitrogens with one attached hydrogen (secondary N) is 1. The van der Waals surface area contributed by atoms with Crippen molar-refractivity contribution in [2.24, 2.45) is 5.73 Å². The fraction of sp³-hybridized carbons (Fsp3) is 0.462. The van der Waals surface area contributed by atoms with Crippen molar-refractivity contribution in [3.8, 4) is 0 Å². The van der Waals surface area contributed by atoms with Gasteiger partial charge in [-0.3, -0.25) is 4.79 Å². The van der Waals surface area contributed by atoms with Crippen molar-refractivity contribution >= 4 is 23.4 Å². The predicted octanol–water partition coefficient (Wildman–Crippen LogP) is 2.41. The highest BCUT2D eigenvalue weighted by molar-refractivity contribution is 7.99. The number of carbonyl (C=O) groups excluding carboxylic acids is 1. The summed E-state index contributed by atoms with van der Waals surface area (Å²) in [7, 11) is 0. The number of aryl methyl sites for hydroxylation is 1. The molecule has 17 heavy (non-hydrogen) atoms. The van der Waals surface area contributed by atoms with Crippen molar-refractivity contribution < 1.29 is 4.79 Å². The van der Waals surface area contributed by atoms with Gasteiger partial charge in [0.15, 0.2) is 0 Å². The quantitative estimate of drug-likeness (QED) is 0.733. The van der Waals surface area contributed by atoms with Gasteiger partial charge in [0.25, 0.3) is 0 Å². The van der Waals surface area contributed by atoms with Crippen molar-refractivity contribution in [1.82, 2.24) is 0 Å². The van der Waals surface area contributed by atoms with Crippen LogP contribution in [0.3, 0.4) is 0 Å². The normalized spacial score (nSPS) is 10.2. The molecule has 0 aliphatic heterocycles. The lowest BCUT2D eigenvalue weighted by atomic mass is 10.2. The average Bonchev–Trinajstić information content (AvgIpc) is 2.32. The lowest BCUT2D eigenvalue weighted by molar-refractivity contribution is -0.113. The van der Waals surface area contributed by atoms with Crippen molar-refractivity contribution in [3.63, 3.8) is 0 Å². The first-order valence-electron chi connectivity index (χ1n) is 5.87. The van der Waals surface area contributed by atoms with Gasteiger partial charge in [-0.15, -0.1) is 0 Å². The number of benzene rings is 1. The summed E-state index contributed by atoms with van der Waals surface area (Å²) in [6, 6.07) is 7.81. The van der Waals surface area contributed by atoms with Crippen molar-refractivity contribution in [2.75, 3.05) is 23.4 Å². The second kappa shape index (κ2) is 8.14. The Kier molecular flexibility index (Phi) is 6.74. The largest absolute Gasteiger partial charge is 0.330 e. The van der Waals surface area contributed by atoms with Crippen LogP contribution in [-0.4, -0.2) is 24.0 Å². The summed E-state index contributed by atoms with van der Waals surface area (Å²) in [6.45, 7) is 2.72. The molecule has 0 bridgehead atoms. The zero-order valence-corrected chi connectivity index (χ0v) is 11.1. The van der Waals surface area contributed by atoms with Gasteiger partial charge in [-0.2, -0.15) is 11.8 Å². The van der Waals surface area contributed by atoms with Crippen LogP contribution in [0.4, 0.5) is 5.69 Å². The highest BCUT2D eigenvalue weighted by Crippen LogP contribution is 2.14. The summed E-state index contributed by atoms with van der Waals surface area (Å²) in [4.78, 5) is 11.6. The summed E-state index contributed by atoms with van der Waals surface area (Å²) in [5, 5.41) is 2.92. The van der Waals surface area contributed by atoms with Crippen LogP contribution < -0.4 is 11.1 Å². The Morgan fingerprint density at radius 2 is 2.12 bits per heavy atom. The smallest absolute Gasteiger partial charge is 0.234 e. The lowest BCUT2D eigenvalue weighted by Crippen LogP contribution is -2.15. The van der Waals surface area contributed by atoms with E-state index in [1.54, 1.807) is 11.8 Å². The fourth-order valence-corrected chi connectivity index (χ4v) is 2.22. The molecule has 3 nitrogen and oxygen atoms in total. The first-order chi connectivity index (χ1) is 8.24. The first-order valence-corrected chi connectivity index (χ1v) is 7.03. The van der Waals surface area contributed by atoms with Crippen molar-refractivity contribution in [3.05, 3.63) is 29.8 Å². The summed E-state index contributed by atoms with van der Waals surface area (Å²) in [5.74, 6) is 1.58. The fourth-order valence-electron chi connectivity index (χ4n) is 1.41. The number of hydrogen-bond donors (Lipinski definition) is 2. The minimum Gasteiger partial charge on any atom is -0.330 e. The molecule has 4 heteroatoms. The van der Waals surface area contributed by atoms with Crippen LogP contribution in [0.1, 0.15) is 18.4 Å². The van der Waals surface area contributed by atoms with Gasteiger partial charge in [-0.25, -0.2) is 0 Å². The number of carbonyl (C=O) groups is 1. The molecular formula is C13H20N2OS. The molecule has 3 N–H and O–H groups in total. The number of anilines is 1. The Hall–Kier alpha value is -1.000. The van der Waals surface area contributed by atoms with Gasteiger partial charge >= 0.3 is 0 Å². The van der Waals surface area contributed by atoms with E-state index in [0.29, 0.717) is 5.75 Å². The molecule has 94 valence electrons.